The van der Waals surface area contributed by atoms with Gasteiger partial charge in [0, 0.05) is 5.75 Å². The van der Waals surface area contributed by atoms with Crippen LogP contribution in [0, 0.1) is 0 Å². The van der Waals surface area contributed by atoms with Gasteiger partial charge in [0.1, 0.15) is 12.1 Å². The fraction of sp³-hybridized carbons (Fsp3) is 0.667. The van der Waals surface area contributed by atoms with Crippen molar-refractivity contribution >= 4 is 48.3 Å². The molecule has 0 aromatic carbocycles. The molecule has 0 spiro atoms. The standard InChI is InChI=1S/C5H11NO2S.C3H7NO2S.2C2H5NO2/c1-9-3-2-4(6)5(7)8;4-2(1-7)3(5)6;2*3-1-2(4)5/h4H,2-3,6H2,1H3,(H,7,8);2,7H,1,4H2,(H,5,6);2*1,3H2,(H,4,5)/t4-;2-;;/m00../s1. The third-order valence-electron chi connectivity index (χ3n) is 1.81. The summed E-state index contributed by atoms with van der Waals surface area (Å²) in [4.78, 5) is 38.3. The molecule has 26 heavy (non-hydrogen) atoms. The number of carbonyl (C=O) groups is 4. The van der Waals surface area contributed by atoms with E-state index in [0.29, 0.717) is 6.42 Å². The molecular formula is C12H28N4O8S2. The lowest BCUT2D eigenvalue weighted by atomic mass is 10.2. The van der Waals surface area contributed by atoms with Gasteiger partial charge in [-0.25, -0.2) is 0 Å². The van der Waals surface area contributed by atoms with Crippen LogP contribution in [0.1, 0.15) is 6.42 Å². The van der Waals surface area contributed by atoms with Gasteiger partial charge >= 0.3 is 23.9 Å². The average molecular weight is 421 g/mol. The zero-order chi connectivity index (χ0) is 21.7. The molecule has 0 unspecified atom stereocenters. The van der Waals surface area contributed by atoms with E-state index in [1.807, 2.05) is 6.26 Å². The van der Waals surface area contributed by atoms with Crippen molar-refractivity contribution in [1.82, 2.24) is 0 Å². The number of carboxylic acid groups (broad SMARTS) is 4. The summed E-state index contributed by atoms with van der Waals surface area (Å²) >= 11 is 5.25. The summed E-state index contributed by atoms with van der Waals surface area (Å²) in [5.41, 5.74) is 19.3. The van der Waals surface area contributed by atoms with E-state index in [0.717, 1.165) is 5.75 Å². The molecule has 12 N–H and O–H groups in total. The fourth-order valence-electron chi connectivity index (χ4n) is 0.446. The van der Waals surface area contributed by atoms with Gasteiger partial charge in [0.15, 0.2) is 0 Å². The lowest BCUT2D eigenvalue weighted by Crippen LogP contribution is -2.31. The van der Waals surface area contributed by atoms with Crippen LogP contribution in [0.25, 0.3) is 0 Å². The topological polar surface area (TPSA) is 253 Å². The van der Waals surface area contributed by atoms with Gasteiger partial charge < -0.3 is 43.4 Å². The number of aliphatic carboxylic acids is 4. The maximum Gasteiger partial charge on any atom is 0.321 e. The molecule has 156 valence electrons. The quantitative estimate of drug-likeness (QED) is 0.185. The molecule has 0 fully saturated rings. The van der Waals surface area contributed by atoms with Gasteiger partial charge in [-0.1, -0.05) is 0 Å². The van der Waals surface area contributed by atoms with Crippen molar-refractivity contribution in [3.05, 3.63) is 0 Å². The molecule has 0 bridgehead atoms. The third-order valence-corrected chi connectivity index (χ3v) is 2.85. The highest BCUT2D eigenvalue weighted by Crippen LogP contribution is 1.97. The molecule has 14 heteroatoms. The monoisotopic (exact) mass is 420 g/mol. The van der Waals surface area contributed by atoms with Crippen LogP contribution in [-0.2, 0) is 19.2 Å². The van der Waals surface area contributed by atoms with Crippen LogP contribution in [0.15, 0.2) is 0 Å². The van der Waals surface area contributed by atoms with E-state index in [2.05, 4.69) is 24.1 Å². The molecule has 0 aliphatic heterocycles. The first-order valence-corrected chi connectivity index (χ1v) is 8.83. The van der Waals surface area contributed by atoms with Gasteiger partial charge in [0.2, 0.25) is 0 Å². The first-order chi connectivity index (χ1) is 11.9. The number of carboxylic acids is 4. The Hall–Kier alpha value is -1.58. The highest BCUT2D eigenvalue weighted by molar-refractivity contribution is 7.98. The first kappa shape index (κ1) is 32.1. The molecule has 0 heterocycles. The molecule has 0 aromatic heterocycles. The normalized spacial score (nSPS) is 11.0. The van der Waals surface area contributed by atoms with Crippen LogP contribution in [0.3, 0.4) is 0 Å². The molecule has 0 saturated heterocycles. The van der Waals surface area contributed by atoms with Crippen molar-refractivity contribution in [3.63, 3.8) is 0 Å². The lowest BCUT2D eigenvalue weighted by molar-refractivity contribution is -0.139. The Balaban J connectivity index is -0.000000128. The van der Waals surface area contributed by atoms with Crippen LogP contribution >= 0.6 is 24.4 Å². The Morgan fingerprint density at radius 3 is 1.31 bits per heavy atom. The maximum atomic E-state index is 10.1. The van der Waals surface area contributed by atoms with Crippen molar-refractivity contribution in [1.29, 1.82) is 0 Å². The van der Waals surface area contributed by atoms with Crippen LogP contribution < -0.4 is 22.9 Å². The van der Waals surface area contributed by atoms with Gasteiger partial charge in [0.25, 0.3) is 0 Å². The number of hydrogen-bond donors (Lipinski definition) is 9. The highest BCUT2D eigenvalue weighted by atomic mass is 32.2. The van der Waals surface area contributed by atoms with Crippen LogP contribution in [0.5, 0.6) is 0 Å². The molecule has 0 radical (unpaired) electrons. The summed E-state index contributed by atoms with van der Waals surface area (Å²) in [5.74, 6) is -2.85. The largest absolute Gasteiger partial charge is 0.480 e. The van der Waals surface area contributed by atoms with Crippen LogP contribution in [0.4, 0.5) is 0 Å². The molecule has 2 atom stereocenters. The molecular weight excluding hydrogens is 392 g/mol. The second-order valence-electron chi connectivity index (χ2n) is 4.05. The number of thioether (sulfide) groups is 1. The summed E-state index contributed by atoms with van der Waals surface area (Å²) in [6.07, 6.45) is 2.48. The third kappa shape index (κ3) is 38.2. The number of hydrogen-bond acceptors (Lipinski definition) is 10. The zero-order valence-electron chi connectivity index (χ0n) is 14.3. The van der Waals surface area contributed by atoms with Gasteiger partial charge in [-0.15, -0.1) is 0 Å². The van der Waals surface area contributed by atoms with E-state index in [9.17, 15) is 19.2 Å². The summed E-state index contributed by atoms with van der Waals surface area (Å²) in [5, 5.41) is 31.5. The Morgan fingerprint density at radius 2 is 1.19 bits per heavy atom. The molecule has 0 aliphatic carbocycles. The number of nitrogens with two attached hydrogens (primary N) is 4. The van der Waals surface area contributed by atoms with Crippen molar-refractivity contribution in [2.24, 2.45) is 22.9 Å². The highest BCUT2D eigenvalue weighted by Gasteiger charge is 2.09. The van der Waals surface area contributed by atoms with Gasteiger partial charge in [-0.05, 0) is 18.4 Å². The fourth-order valence-corrected chi connectivity index (χ4v) is 1.09. The molecule has 0 amide bonds. The SMILES string of the molecule is CSCC[C@H](N)C(=O)O.NCC(=O)O.NCC(=O)O.N[C@@H](CS)C(=O)O. The van der Waals surface area contributed by atoms with Crippen molar-refractivity contribution in [3.8, 4) is 0 Å². The van der Waals surface area contributed by atoms with E-state index in [-0.39, 0.29) is 18.8 Å². The molecule has 0 aliphatic rings. The minimum Gasteiger partial charge on any atom is -0.480 e. The molecule has 0 aromatic rings. The number of thiol groups is 1. The van der Waals surface area contributed by atoms with E-state index in [1.165, 1.54) is 0 Å². The van der Waals surface area contributed by atoms with E-state index >= 15 is 0 Å². The van der Waals surface area contributed by atoms with Crippen molar-refractivity contribution in [2.75, 3.05) is 30.9 Å². The summed E-state index contributed by atoms with van der Waals surface area (Å²) < 4.78 is 0. The summed E-state index contributed by atoms with van der Waals surface area (Å²) in [6, 6.07) is -1.50. The average Bonchev–Trinajstić information content (AvgIpc) is 2.59. The lowest BCUT2D eigenvalue weighted by Gasteiger charge is -2.02. The maximum absolute atomic E-state index is 10.1. The predicted molar refractivity (Wildman–Crippen MR) is 101 cm³/mol. The Bertz CT molecular complexity index is 387. The Kier molecular flexibility index (Phi) is 28.9. The first-order valence-electron chi connectivity index (χ1n) is 6.81. The second kappa shape index (κ2) is 23.4. The summed E-state index contributed by atoms with van der Waals surface area (Å²) in [6.45, 7) is -0.556. The molecule has 12 nitrogen and oxygen atoms in total. The van der Waals surface area contributed by atoms with E-state index in [1.54, 1.807) is 11.8 Å². The summed E-state index contributed by atoms with van der Waals surface area (Å²) in [7, 11) is 0. The Labute approximate surface area is 160 Å². The van der Waals surface area contributed by atoms with Gasteiger partial charge in [-0.3, -0.25) is 19.2 Å². The van der Waals surface area contributed by atoms with Crippen LogP contribution in [0.2, 0.25) is 0 Å². The minimum absolute atomic E-state index is 0.190. The second-order valence-corrected chi connectivity index (χ2v) is 5.40. The van der Waals surface area contributed by atoms with E-state index in [4.69, 9.17) is 31.9 Å². The molecule has 0 rings (SSSR count). The number of rotatable bonds is 8. The van der Waals surface area contributed by atoms with Crippen molar-refractivity contribution < 1.29 is 39.6 Å². The van der Waals surface area contributed by atoms with Crippen LogP contribution in [-0.4, -0.2) is 87.2 Å². The molecule has 0 saturated carbocycles. The Morgan fingerprint density at radius 1 is 0.885 bits per heavy atom. The minimum atomic E-state index is -1.00. The van der Waals surface area contributed by atoms with Gasteiger partial charge in [-0.2, -0.15) is 24.4 Å². The van der Waals surface area contributed by atoms with Crippen molar-refractivity contribution in [2.45, 2.75) is 18.5 Å². The zero-order valence-corrected chi connectivity index (χ0v) is 16.0. The predicted octanol–water partition coefficient (Wildman–Crippen LogP) is -2.46. The van der Waals surface area contributed by atoms with Gasteiger partial charge in [0.05, 0.1) is 13.1 Å². The smallest absolute Gasteiger partial charge is 0.321 e. The van der Waals surface area contributed by atoms with E-state index < -0.39 is 36.0 Å².